The summed E-state index contributed by atoms with van der Waals surface area (Å²) in [5, 5.41) is 0.592. The van der Waals surface area contributed by atoms with E-state index in [0.717, 1.165) is 10.2 Å². The van der Waals surface area contributed by atoms with Gasteiger partial charge in [0.05, 0.1) is 5.02 Å². The lowest BCUT2D eigenvalue weighted by Gasteiger charge is -2.18. The van der Waals surface area contributed by atoms with Gasteiger partial charge in [0.15, 0.2) is 0 Å². The van der Waals surface area contributed by atoms with Gasteiger partial charge >= 0.3 is 0 Å². The maximum absolute atomic E-state index is 12.4. The van der Waals surface area contributed by atoms with Crippen LogP contribution in [-0.4, -0.2) is 13.0 Å². The van der Waals surface area contributed by atoms with Crippen molar-refractivity contribution in [1.82, 2.24) is 0 Å². The van der Waals surface area contributed by atoms with Gasteiger partial charge in [0.1, 0.15) is 0 Å². The van der Waals surface area contributed by atoms with Crippen molar-refractivity contribution < 1.29 is 4.79 Å². The van der Waals surface area contributed by atoms with Crippen LogP contribution in [0.3, 0.4) is 0 Å². The Bertz CT molecular complexity index is 610. The number of halogens is 2. The van der Waals surface area contributed by atoms with Crippen LogP contribution in [0.5, 0.6) is 0 Å². The maximum atomic E-state index is 12.4. The Labute approximate surface area is 126 Å². The highest BCUT2D eigenvalue weighted by molar-refractivity contribution is 9.10. The second-order valence-corrected chi connectivity index (χ2v) is 5.59. The molecule has 2 nitrogen and oxygen atoms in total. The van der Waals surface area contributed by atoms with Crippen molar-refractivity contribution in [2.24, 2.45) is 0 Å². The average molecular weight is 339 g/mol. The normalized spacial score (nSPS) is 10.3. The van der Waals surface area contributed by atoms with Crippen LogP contribution < -0.4 is 4.90 Å². The summed E-state index contributed by atoms with van der Waals surface area (Å²) in [5.74, 6) is -0.0683. The van der Waals surface area contributed by atoms with E-state index in [4.69, 9.17) is 11.6 Å². The van der Waals surface area contributed by atoms with Gasteiger partial charge in [-0.2, -0.15) is 0 Å². The van der Waals surface area contributed by atoms with Gasteiger partial charge in [-0.25, -0.2) is 0 Å². The molecule has 1 amide bonds. The molecule has 0 bridgehead atoms. The van der Waals surface area contributed by atoms with Gasteiger partial charge in [-0.1, -0.05) is 29.3 Å². The molecule has 0 heterocycles. The first-order chi connectivity index (χ1) is 8.99. The van der Waals surface area contributed by atoms with Crippen LogP contribution in [0.2, 0.25) is 5.02 Å². The Morgan fingerprint density at radius 1 is 1.16 bits per heavy atom. The molecule has 2 aromatic rings. The number of anilines is 1. The minimum absolute atomic E-state index is 0.0683. The number of carbonyl (C=O) groups is 1. The summed E-state index contributed by atoms with van der Waals surface area (Å²) in [7, 11) is 1.76. The van der Waals surface area contributed by atoms with Crippen LogP contribution in [0, 0.1) is 6.92 Å². The lowest BCUT2D eigenvalue weighted by atomic mass is 10.1. The van der Waals surface area contributed by atoms with Crippen molar-refractivity contribution >= 4 is 39.1 Å². The summed E-state index contributed by atoms with van der Waals surface area (Å²) < 4.78 is 0.720. The van der Waals surface area contributed by atoms with Gasteiger partial charge in [-0.3, -0.25) is 4.79 Å². The molecule has 0 N–H and O–H groups in total. The van der Waals surface area contributed by atoms with Gasteiger partial charge in [-0.05, 0) is 53.2 Å². The molecular formula is C15H13BrClNO. The molecule has 0 saturated heterocycles. The van der Waals surface area contributed by atoms with E-state index in [-0.39, 0.29) is 5.91 Å². The Kier molecular flexibility index (Phi) is 4.27. The number of carbonyl (C=O) groups excluding carboxylic acids is 1. The third-order valence-electron chi connectivity index (χ3n) is 2.89. The summed E-state index contributed by atoms with van der Waals surface area (Å²) in [5.41, 5.74) is 2.62. The Morgan fingerprint density at radius 3 is 2.37 bits per heavy atom. The number of benzene rings is 2. The predicted molar refractivity (Wildman–Crippen MR) is 83.1 cm³/mol. The molecule has 0 aromatic heterocycles. The molecule has 2 aromatic carbocycles. The number of amides is 1. The van der Waals surface area contributed by atoms with Crippen LogP contribution in [0.25, 0.3) is 0 Å². The summed E-state index contributed by atoms with van der Waals surface area (Å²) in [6.07, 6.45) is 0. The van der Waals surface area contributed by atoms with Gasteiger partial charge in [0, 0.05) is 22.8 Å². The molecule has 0 aliphatic rings. The summed E-state index contributed by atoms with van der Waals surface area (Å²) in [6.45, 7) is 2.02. The topological polar surface area (TPSA) is 20.3 Å². The molecule has 0 fully saturated rings. The molecule has 0 atom stereocenters. The molecule has 0 unspecified atom stereocenters. The fourth-order valence-corrected chi connectivity index (χ4v) is 2.20. The van der Waals surface area contributed by atoms with Crippen molar-refractivity contribution in [3.63, 3.8) is 0 Å². The van der Waals surface area contributed by atoms with Crippen LogP contribution in [0.15, 0.2) is 46.9 Å². The van der Waals surface area contributed by atoms with E-state index in [9.17, 15) is 4.79 Å². The highest BCUT2D eigenvalue weighted by Gasteiger charge is 2.14. The first kappa shape index (κ1) is 14.1. The second-order valence-electron chi connectivity index (χ2n) is 4.33. The second kappa shape index (κ2) is 5.76. The zero-order valence-electron chi connectivity index (χ0n) is 10.7. The van der Waals surface area contributed by atoms with Crippen molar-refractivity contribution in [3.8, 4) is 0 Å². The van der Waals surface area contributed by atoms with Gasteiger partial charge in [0.25, 0.3) is 5.91 Å². The van der Waals surface area contributed by atoms with Crippen LogP contribution >= 0.6 is 27.5 Å². The fraction of sp³-hybridized carbons (Fsp3) is 0.133. The van der Waals surface area contributed by atoms with E-state index in [0.29, 0.717) is 10.6 Å². The Balaban J connectivity index is 2.28. The molecule has 0 aliphatic heterocycles. The number of rotatable bonds is 2. The minimum atomic E-state index is -0.0683. The minimum Gasteiger partial charge on any atom is -0.311 e. The molecular weight excluding hydrogens is 326 g/mol. The zero-order chi connectivity index (χ0) is 14.0. The quantitative estimate of drug-likeness (QED) is 0.778. The number of aryl methyl sites for hydroxylation is 1. The van der Waals surface area contributed by atoms with E-state index in [1.807, 2.05) is 31.2 Å². The average Bonchev–Trinajstić information content (AvgIpc) is 2.41. The van der Waals surface area contributed by atoms with Crippen molar-refractivity contribution in [1.29, 1.82) is 0 Å². The van der Waals surface area contributed by atoms with Gasteiger partial charge in [-0.15, -0.1) is 0 Å². The van der Waals surface area contributed by atoms with Crippen molar-refractivity contribution in [2.45, 2.75) is 6.92 Å². The monoisotopic (exact) mass is 337 g/mol. The smallest absolute Gasteiger partial charge is 0.258 e. The fourth-order valence-electron chi connectivity index (χ4n) is 1.71. The van der Waals surface area contributed by atoms with Gasteiger partial charge in [0.2, 0.25) is 0 Å². The summed E-state index contributed by atoms with van der Waals surface area (Å²) in [6, 6.07) is 13.0. The van der Waals surface area contributed by atoms with Crippen LogP contribution in [0.1, 0.15) is 15.9 Å². The van der Waals surface area contributed by atoms with Crippen LogP contribution in [0.4, 0.5) is 5.69 Å². The molecule has 98 valence electrons. The molecule has 19 heavy (non-hydrogen) atoms. The molecule has 2 rings (SSSR count). The molecule has 4 heteroatoms. The third-order valence-corrected chi connectivity index (χ3v) is 4.11. The number of nitrogens with zero attached hydrogens (tertiary/aromatic N) is 1. The molecule has 0 spiro atoms. The molecule has 0 saturated carbocycles. The highest BCUT2D eigenvalue weighted by atomic mass is 79.9. The highest BCUT2D eigenvalue weighted by Crippen LogP contribution is 2.24. The van der Waals surface area contributed by atoms with E-state index in [1.54, 1.807) is 30.1 Å². The lowest BCUT2D eigenvalue weighted by molar-refractivity contribution is 0.0993. The van der Waals surface area contributed by atoms with Crippen LogP contribution in [-0.2, 0) is 0 Å². The largest absolute Gasteiger partial charge is 0.311 e. The SMILES string of the molecule is Cc1ccc(N(C)C(=O)c2ccc(Cl)c(Br)c2)cc1. The number of hydrogen-bond donors (Lipinski definition) is 0. The summed E-state index contributed by atoms with van der Waals surface area (Å²) >= 11 is 9.25. The van der Waals surface area contributed by atoms with E-state index < -0.39 is 0 Å². The van der Waals surface area contributed by atoms with E-state index in [2.05, 4.69) is 15.9 Å². The standard InChI is InChI=1S/C15H13BrClNO/c1-10-3-6-12(7-4-10)18(2)15(19)11-5-8-14(17)13(16)9-11/h3-9H,1-2H3. The maximum Gasteiger partial charge on any atom is 0.258 e. The van der Waals surface area contributed by atoms with Crippen molar-refractivity contribution in [2.75, 3.05) is 11.9 Å². The lowest BCUT2D eigenvalue weighted by Crippen LogP contribution is -2.26. The Hall–Kier alpha value is -1.32. The predicted octanol–water partition coefficient (Wildman–Crippen LogP) is 4.69. The third kappa shape index (κ3) is 3.17. The van der Waals surface area contributed by atoms with Crippen molar-refractivity contribution in [3.05, 3.63) is 63.1 Å². The van der Waals surface area contributed by atoms with E-state index in [1.165, 1.54) is 5.56 Å². The first-order valence-electron chi connectivity index (χ1n) is 5.79. The van der Waals surface area contributed by atoms with E-state index >= 15 is 0 Å². The van der Waals surface area contributed by atoms with Gasteiger partial charge < -0.3 is 4.90 Å². The molecule has 0 radical (unpaired) electrons. The zero-order valence-corrected chi connectivity index (χ0v) is 13.0. The Morgan fingerprint density at radius 2 is 1.79 bits per heavy atom. The molecule has 0 aliphatic carbocycles. The first-order valence-corrected chi connectivity index (χ1v) is 6.96. The summed E-state index contributed by atoms with van der Waals surface area (Å²) in [4.78, 5) is 14.0. The number of hydrogen-bond acceptors (Lipinski definition) is 1.